The molecule has 0 aliphatic carbocycles. The number of benzene rings is 2. The van der Waals surface area contributed by atoms with Crippen molar-refractivity contribution in [3.63, 3.8) is 0 Å². The number of carbonyl (C=O) groups excluding carboxylic acids is 2. The maximum Gasteiger partial charge on any atom is 0.331 e. The SMILES string of the molecule is COc1ccc(OC)c(/C=C/C(=O)OCC(=O)Nc2ccc(F)cc2F)c1. The van der Waals surface area contributed by atoms with E-state index in [1.165, 1.54) is 20.3 Å². The van der Waals surface area contributed by atoms with Crippen molar-refractivity contribution in [1.29, 1.82) is 0 Å². The Balaban J connectivity index is 1.92. The highest BCUT2D eigenvalue weighted by Crippen LogP contribution is 2.25. The molecule has 142 valence electrons. The second-order valence-electron chi connectivity index (χ2n) is 5.22. The van der Waals surface area contributed by atoms with Crippen LogP contribution in [0.3, 0.4) is 0 Å². The first kappa shape index (κ1) is 19.9. The first-order chi connectivity index (χ1) is 12.9. The molecule has 1 N–H and O–H groups in total. The topological polar surface area (TPSA) is 73.9 Å². The van der Waals surface area contributed by atoms with Gasteiger partial charge in [0.2, 0.25) is 0 Å². The number of esters is 1. The monoisotopic (exact) mass is 377 g/mol. The first-order valence-electron chi connectivity index (χ1n) is 7.74. The smallest absolute Gasteiger partial charge is 0.331 e. The summed E-state index contributed by atoms with van der Waals surface area (Å²) in [6, 6.07) is 7.73. The maximum absolute atomic E-state index is 13.5. The molecule has 0 aliphatic rings. The fraction of sp³-hybridized carbons (Fsp3) is 0.158. The highest BCUT2D eigenvalue weighted by Gasteiger charge is 2.10. The van der Waals surface area contributed by atoms with Gasteiger partial charge in [-0.1, -0.05) is 0 Å². The molecular formula is C19H17F2NO5. The molecular weight excluding hydrogens is 360 g/mol. The Labute approximate surface area is 154 Å². The van der Waals surface area contributed by atoms with Crippen LogP contribution in [0.4, 0.5) is 14.5 Å². The van der Waals surface area contributed by atoms with Gasteiger partial charge in [0.05, 0.1) is 19.9 Å². The lowest BCUT2D eigenvalue weighted by Crippen LogP contribution is -2.20. The lowest BCUT2D eigenvalue weighted by atomic mass is 10.1. The zero-order valence-corrected chi connectivity index (χ0v) is 14.6. The van der Waals surface area contributed by atoms with Gasteiger partial charge in [0.1, 0.15) is 23.1 Å². The van der Waals surface area contributed by atoms with E-state index in [-0.39, 0.29) is 5.69 Å². The lowest BCUT2D eigenvalue weighted by molar-refractivity contribution is -0.142. The van der Waals surface area contributed by atoms with Crippen LogP contribution in [0.15, 0.2) is 42.5 Å². The molecule has 0 aliphatic heterocycles. The number of methoxy groups -OCH3 is 2. The van der Waals surface area contributed by atoms with Crippen LogP contribution < -0.4 is 14.8 Å². The summed E-state index contributed by atoms with van der Waals surface area (Å²) < 4.78 is 41.3. The van der Waals surface area contributed by atoms with Gasteiger partial charge in [0.25, 0.3) is 5.91 Å². The fourth-order valence-corrected chi connectivity index (χ4v) is 2.09. The van der Waals surface area contributed by atoms with Crippen molar-refractivity contribution in [2.75, 3.05) is 26.1 Å². The Morgan fingerprint density at radius 1 is 1.07 bits per heavy atom. The fourth-order valence-electron chi connectivity index (χ4n) is 2.09. The standard InChI is InChI=1S/C19H17F2NO5/c1-25-14-5-7-17(26-2)12(9-14)3-8-19(24)27-11-18(23)22-16-6-4-13(20)10-15(16)21/h3-10H,11H2,1-2H3,(H,22,23)/b8-3+. The van der Waals surface area contributed by atoms with Gasteiger partial charge in [0.15, 0.2) is 6.61 Å². The number of halogens is 2. The third-order valence-electron chi connectivity index (χ3n) is 3.39. The van der Waals surface area contributed by atoms with Crippen molar-refractivity contribution >= 4 is 23.6 Å². The van der Waals surface area contributed by atoms with Gasteiger partial charge in [0, 0.05) is 17.7 Å². The molecule has 0 heterocycles. The zero-order chi connectivity index (χ0) is 19.8. The van der Waals surface area contributed by atoms with E-state index < -0.39 is 30.1 Å². The summed E-state index contributed by atoms with van der Waals surface area (Å²) in [5, 5.41) is 2.18. The van der Waals surface area contributed by atoms with Gasteiger partial charge in [-0.25, -0.2) is 13.6 Å². The van der Waals surface area contributed by atoms with Crippen molar-refractivity contribution in [3.8, 4) is 11.5 Å². The summed E-state index contributed by atoms with van der Waals surface area (Å²) in [7, 11) is 2.99. The van der Waals surface area contributed by atoms with Crippen molar-refractivity contribution in [2.45, 2.75) is 0 Å². The van der Waals surface area contributed by atoms with Gasteiger partial charge in [-0.2, -0.15) is 0 Å². The first-order valence-corrected chi connectivity index (χ1v) is 7.74. The number of amides is 1. The van der Waals surface area contributed by atoms with Crippen LogP contribution in [0.5, 0.6) is 11.5 Å². The van der Waals surface area contributed by atoms with Crippen LogP contribution in [-0.4, -0.2) is 32.7 Å². The molecule has 2 rings (SSSR count). The average Bonchev–Trinajstić information content (AvgIpc) is 2.66. The Kier molecular flexibility index (Phi) is 6.87. The minimum absolute atomic E-state index is 0.214. The number of ether oxygens (including phenoxy) is 3. The summed E-state index contributed by atoms with van der Waals surface area (Å²) >= 11 is 0. The molecule has 2 aromatic rings. The van der Waals surface area contributed by atoms with Gasteiger partial charge in [-0.3, -0.25) is 4.79 Å². The predicted octanol–water partition coefficient (Wildman–Crippen LogP) is 3.18. The number of nitrogens with one attached hydrogen (secondary N) is 1. The number of hydrogen-bond acceptors (Lipinski definition) is 5. The maximum atomic E-state index is 13.5. The lowest BCUT2D eigenvalue weighted by Gasteiger charge is -2.07. The van der Waals surface area contributed by atoms with Crippen LogP contribution in [0.25, 0.3) is 6.08 Å². The predicted molar refractivity (Wildman–Crippen MR) is 94.5 cm³/mol. The van der Waals surface area contributed by atoms with Crippen molar-refractivity contribution < 1.29 is 32.6 Å². The molecule has 2 aromatic carbocycles. The molecule has 0 saturated heterocycles. The van der Waals surface area contributed by atoms with E-state index in [1.54, 1.807) is 18.2 Å². The minimum Gasteiger partial charge on any atom is -0.497 e. The van der Waals surface area contributed by atoms with E-state index in [9.17, 15) is 18.4 Å². The largest absolute Gasteiger partial charge is 0.497 e. The minimum atomic E-state index is -0.931. The highest BCUT2D eigenvalue weighted by atomic mass is 19.1. The molecule has 0 unspecified atom stereocenters. The van der Waals surface area contributed by atoms with E-state index in [0.29, 0.717) is 23.1 Å². The van der Waals surface area contributed by atoms with Crippen LogP contribution >= 0.6 is 0 Å². The number of anilines is 1. The number of carbonyl (C=O) groups is 2. The molecule has 0 bridgehead atoms. The number of hydrogen-bond donors (Lipinski definition) is 1. The Hall–Kier alpha value is -3.42. The van der Waals surface area contributed by atoms with E-state index in [4.69, 9.17) is 14.2 Å². The summed E-state index contributed by atoms with van der Waals surface area (Å²) in [6.07, 6.45) is 2.56. The van der Waals surface area contributed by atoms with E-state index >= 15 is 0 Å². The van der Waals surface area contributed by atoms with Crippen molar-refractivity contribution in [2.24, 2.45) is 0 Å². The van der Waals surface area contributed by atoms with Gasteiger partial charge < -0.3 is 19.5 Å². The molecule has 0 atom stereocenters. The third kappa shape index (κ3) is 5.81. The normalized spacial score (nSPS) is 10.5. The highest BCUT2D eigenvalue weighted by molar-refractivity contribution is 5.94. The Morgan fingerprint density at radius 3 is 2.52 bits per heavy atom. The molecule has 6 nitrogen and oxygen atoms in total. The summed E-state index contributed by atoms with van der Waals surface area (Å²) in [6.45, 7) is -0.630. The molecule has 0 fully saturated rings. The van der Waals surface area contributed by atoms with Gasteiger partial charge >= 0.3 is 5.97 Å². The quantitative estimate of drug-likeness (QED) is 0.593. The van der Waals surface area contributed by atoms with Crippen molar-refractivity contribution in [1.82, 2.24) is 0 Å². The van der Waals surface area contributed by atoms with E-state index in [0.717, 1.165) is 18.2 Å². The molecule has 0 radical (unpaired) electrons. The summed E-state index contributed by atoms with van der Waals surface area (Å²) in [5.74, 6) is -2.15. The third-order valence-corrected chi connectivity index (χ3v) is 3.39. The van der Waals surface area contributed by atoms with Crippen LogP contribution in [0.2, 0.25) is 0 Å². The van der Waals surface area contributed by atoms with Gasteiger partial charge in [-0.15, -0.1) is 0 Å². The Bertz CT molecular complexity index is 867. The average molecular weight is 377 g/mol. The van der Waals surface area contributed by atoms with Gasteiger partial charge in [-0.05, 0) is 36.4 Å². The van der Waals surface area contributed by atoms with E-state index in [2.05, 4.69) is 5.32 Å². The molecule has 27 heavy (non-hydrogen) atoms. The molecule has 0 saturated carbocycles. The molecule has 1 amide bonds. The Morgan fingerprint density at radius 2 is 1.85 bits per heavy atom. The molecule has 0 aromatic heterocycles. The summed E-state index contributed by atoms with van der Waals surface area (Å²) in [4.78, 5) is 23.5. The molecule has 8 heteroatoms. The van der Waals surface area contributed by atoms with Crippen LogP contribution in [-0.2, 0) is 14.3 Å². The zero-order valence-electron chi connectivity index (χ0n) is 14.6. The van der Waals surface area contributed by atoms with Crippen LogP contribution in [0, 0.1) is 11.6 Å². The summed E-state index contributed by atoms with van der Waals surface area (Å²) in [5.41, 5.74) is 0.362. The van der Waals surface area contributed by atoms with E-state index in [1.807, 2.05) is 0 Å². The second-order valence-corrected chi connectivity index (χ2v) is 5.22. The van der Waals surface area contributed by atoms with Crippen LogP contribution in [0.1, 0.15) is 5.56 Å². The van der Waals surface area contributed by atoms with Crippen molar-refractivity contribution in [3.05, 3.63) is 59.7 Å². The number of rotatable bonds is 7. The molecule has 0 spiro atoms. The second kappa shape index (κ2) is 9.33.